The second-order valence-electron chi connectivity index (χ2n) is 3.76. The molecule has 0 bridgehead atoms. The molecule has 0 fully saturated rings. The number of carboxylic acids is 2. The minimum absolute atomic E-state index is 0. The number of carbonyl (C=O) groups is 2. The van der Waals surface area contributed by atoms with Gasteiger partial charge in [-0.2, -0.15) is 0 Å². The number of hydrogen-bond acceptors (Lipinski definition) is 4. The molecule has 112 valence electrons. The van der Waals surface area contributed by atoms with E-state index in [9.17, 15) is 19.2 Å². The number of benzene rings is 1. The summed E-state index contributed by atoms with van der Waals surface area (Å²) < 4.78 is 0.632. The van der Waals surface area contributed by atoms with Crippen molar-refractivity contribution in [3.8, 4) is 5.69 Å². The van der Waals surface area contributed by atoms with Crippen molar-refractivity contribution < 1.29 is 78.1 Å². The summed E-state index contributed by atoms with van der Waals surface area (Å²) in [4.78, 5) is 47.4. The third-order valence-electron chi connectivity index (χ3n) is 2.54. The summed E-state index contributed by atoms with van der Waals surface area (Å²) in [6.45, 7) is 0. The third-order valence-corrected chi connectivity index (χ3v) is 2.54. The van der Waals surface area contributed by atoms with Gasteiger partial charge in [-0.1, -0.05) is 18.2 Å². The molecule has 2 rings (SSSR count). The van der Waals surface area contributed by atoms with Crippen LogP contribution >= 0.6 is 0 Å². The molecule has 9 nitrogen and oxygen atoms in total. The molecule has 0 amide bonds. The van der Waals surface area contributed by atoms with E-state index in [1.165, 1.54) is 12.1 Å². The minimum atomic E-state index is -1.73. The van der Waals surface area contributed by atoms with Crippen molar-refractivity contribution in [3.63, 3.8) is 0 Å². The molecule has 1 heterocycles. The van der Waals surface area contributed by atoms with Crippen molar-refractivity contribution in [2.45, 2.75) is 0 Å². The van der Waals surface area contributed by atoms with Gasteiger partial charge >= 0.3 is 69.0 Å². The van der Waals surface area contributed by atoms with E-state index in [4.69, 9.17) is 10.2 Å². The number of hydrogen-bond donors (Lipinski definition) is 3. The first kappa shape index (κ1) is 20.4. The molecular formula is C12H11KN2O7. The molecule has 1 aromatic carbocycles. The van der Waals surface area contributed by atoms with Gasteiger partial charge < -0.3 is 17.1 Å². The monoisotopic (exact) mass is 334 g/mol. The van der Waals surface area contributed by atoms with Crippen LogP contribution in [0.1, 0.15) is 22.3 Å². The molecule has 0 saturated carbocycles. The van der Waals surface area contributed by atoms with E-state index in [0.29, 0.717) is 4.57 Å². The van der Waals surface area contributed by atoms with Crippen LogP contribution in [0.3, 0.4) is 0 Å². The van der Waals surface area contributed by atoms with E-state index in [0.717, 1.165) is 0 Å². The normalized spacial score (nSPS) is 9.27. The van der Waals surface area contributed by atoms with Gasteiger partial charge in [0.05, 0.1) is 5.69 Å². The SMILES string of the molecule is O.O=C(O)c1c(C(=O)O)n(-c2ccccc2)c(=O)[nH]c1=O.[H-].[K+]. The largest absolute Gasteiger partial charge is 1.00 e. The molecule has 2 aromatic rings. The van der Waals surface area contributed by atoms with Crippen LogP contribution in [0, 0.1) is 0 Å². The van der Waals surface area contributed by atoms with Crippen LogP contribution in [0.2, 0.25) is 0 Å². The topological polar surface area (TPSA) is 161 Å². The summed E-state index contributed by atoms with van der Waals surface area (Å²) in [5.74, 6) is -3.41. The number of rotatable bonds is 3. The summed E-state index contributed by atoms with van der Waals surface area (Å²) in [5.41, 5.74) is -4.04. The standard InChI is InChI=1S/C12H8N2O6.K.H2O.H/c15-9-7(10(16)17)8(11(18)19)14(12(20)13-9)6-4-2-1-3-5-6;;;/h1-5H,(H,16,17)(H,18,19)(H,13,15,20);;1H2;/q;+1;;-1. The minimum Gasteiger partial charge on any atom is -1.00 e. The van der Waals surface area contributed by atoms with Crippen LogP contribution < -0.4 is 62.6 Å². The molecule has 10 heteroatoms. The van der Waals surface area contributed by atoms with Crippen LogP contribution in [0.4, 0.5) is 0 Å². The van der Waals surface area contributed by atoms with Gasteiger partial charge in [0, 0.05) is 0 Å². The first-order chi connectivity index (χ1) is 9.43. The van der Waals surface area contributed by atoms with Gasteiger partial charge in [-0.3, -0.25) is 14.3 Å². The number of aromatic carboxylic acids is 2. The van der Waals surface area contributed by atoms with Crippen molar-refractivity contribution in [3.05, 3.63) is 62.4 Å². The Hall–Kier alpha value is -1.56. The molecule has 0 saturated heterocycles. The second kappa shape index (κ2) is 8.17. The Labute approximate surface area is 166 Å². The van der Waals surface area contributed by atoms with Gasteiger partial charge in [0.1, 0.15) is 0 Å². The maximum Gasteiger partial charge on any atom is 1.00 e. The van der Waals surface area contributed by atoms with Crippen molar-refractivity contribution in [2.75, 3.05) is 0 Å². The number of nitrogens with one attached hydrogen (secondary N) is 1. The van der Waals surface area contributed by atoms with E-state index >= 15 is 0 Å². The van der Waals surface area contributed by atoms with Gasteiger partial charge in [-0.25, -0.2) is 14.4 Å². The van der Waals surface area contributed by atoms with Crippen LogP contribution in [0.5, 0.6) is 0 Å². The van der Waals surface area contributed by atoms with Crippen LogP contribution in [0.25, 0.3) is 5.69 Å². The fraction of sp³-hybridized carbons (Fsp3) is 0. The fourth-order valence-electron chi connectivity index (χ4n) is 1.76. The van der Waals surface area contributed by atoms with Crippen LogP contribution in [0.15, 0.2) is 39.9 Å². The van der Waals surface area contributed by atoms with Crippen molar-refractivity contribution in [1.82, 2.24) is 9.55 Å². The fourth-order valence-corrected chi connectivity index (χ4v) is 1.76. The van der Waals surface area contributed by atoms with E-state index in [2.05, 4.69) is 0 Å². The zero-order valence-corrected chi connectivity index (χ0v) is 14.5. The van der Waals surface area contributed by atoms with Crippen LogP contribution in [-0.2, 0) is 0 Å². The number of nitrogens with zero attached hydrogens (tertiary/aromatic N) is 1. The predicted octanol–water partition coefficient (Wildman–Crippen LogP) is -3.79. The van der Waals surface area contributed by atoms with Gasteiger partial charge in [-0.05, 0) is 12.1 Å². The number of aromatic nitrogens is 2. The molecule has 0 aliphatic heterocycles. The molecular weight excluding hydrogens is 323 g/mol. The Morgan fingerprint density at radius 1 is 1.05 bits per heavy atom. The van der Waals surface area contributed by atoms with Gasteiger partial charge in [-0.15, -0.1) is 0 Å². The molecule has 0 unspecified atom stereocenters. The Morgan fingerprint density at radius 2 is 1.59 bits per heavy atom. The van der Waals surface area contributed by atoms with Crippen LogP contribution in [-0.4, -0.2) is 37.2 Å². The van der Waals surface area contributed by atoms with E-state index in [1.54, 1.807) is 23.2 Å². The molecule has 0 spiro atoms. The smallest absolute Gasteiger partial charge is 1.00 e. The maximum absolute atomic E-state index is 11.8. The molecule has 0 aliphatic carbocycles. The van der Waals surface area contributed by atoms with Gasteiger partial charge in [0.25, 0.3) is 5.56 Å². The molecule has 0 atom stereocenters. The molecule has 0 aliphatic rings. The Bertz CT molecular complexity index is 816. The van der Waals surface area contributed by atoms with E-state index in [1.807, 2.05) is 0 Å². The summed E-state index contributed by atoms with van der Waals surface area (Å²) in [6.07, 6.45) is 0. The molecule has 1 aromatic heterocycles. The summed E-state index contributed by atoms with van der Waals surface area (Å²) >= 11 is 0. The molecule has 0 radical (unpaired) electrons. The predicted molar refractivity (Wildman–Crippen MR) is 71.3 cm³/mol. The van der Waals surface area contributed by atoms with E-state index < -0.39 is 34.4 Å². The quantitative estimate of drug-likeness (QED) is 0.488. The van der Waals surface area contributed by atoms with Crippen molar-refractivity contribution in [2.24, 2.45) is 0 Å². The van der Waals surface area contributed by atoms with Gasteiger partial charge in [0.2, 0.25) is 0 Å². The number of para-hydroxylation sites is 1. The zero-order valence-electron chi connectivity index (χ0n) is 12.4. The number of aromatic amines is 1. The summed E-state index contributed by atoms with van der Waals surface area (Å²) in [5, 5.41) is 18.1. The first-order valence-electron chi connectivity index (χ1n) is 5.35. The Balaban J connectivity index is 0. The maximum atomic E-state index is 11.8. The molecule has 22 heavy (non-hydrogen) atoms. The van der Waals surface area contributed by atoms with E-state index in [-0.39, 0.29) is 64.0 Å². The number of carboxylic acid groups (broad SMARTS) is 2. The zero-order chi connectivity index (χ0) is 14.9. The Kier molecular flexibility index (Phi) is 7.59. The first-order valence-corrected chi connectivity index (χ1v) is 5.35. The van der Waals surface area contributed by atoms with Gasteiger partial charge in [0.15, 0.2) is 11.3 Å². The molecule has 5 N–H and O–H groups in total. The number of H-pyrrole nitrogens is 1. The third kappa shape index (κ3) is 3.79. The second-order valence-corrected chi connectivity index (χ2v) is 3.76. The summed E-state index contributed by atoms with van der Waals surface area (Å²) in [7, 11) is 0. The summed E-state index contributed by atoms with van der Waals surface area (Å²) in [6, 6.07) is 7.55. The van der Waals surface area contributed by atoms with Crippen molar-refractivity contribution in [1.29, 1.82) is 0 Å². The average Bonchev–Trinajstić information content (AvgIpc) is 2.38. The average molecular weight is 334 g/mol. The van der Waals surface area contributed by atoms with Crippen molar-refractivity contribution >= 4 is 11.9 Å². The Morgan fingerprint density at radius 3 is 2.05 bits per heavy atom.